The SMILES string of the molecule is CCOC(=O)/C=C1/CC(O)(c2ccccc2)C(C)N1. The highest BCUT2D eigenvalue weighted by Crippen LogP contribution is 2.36. The van der Waals surface area contributed by atoms with E-state index in [1.54, 1.807) is 6.92 Å². The summed E-state index contributed by atoms with van der Waals surface area (Å²) >= 11 is 0. The number of rotatable bonds is 3. The lowest BCUT2D eigenvalue weighted by atomic mass is 9.87. The molecule has 0 saturated carbocycles. The molecule has 2 atom stereocenters. The minimum absolute atomic E-state index is 0.157. The topological polar surface area (TPSA) is 58.6 Å². The highest BCUT2D eigenvalue weighted by atomic mass is 16.5. The Labute approximate surface area is 113 Å². The number of carbonyl (C=O) groups excluding carboxylic acids is 1. The van der Waals surface area contributed by atoms with Crippen LogP contribution >= 0.6 is 0 Å². The molecule has 0 bridgehead atoms. The Morgan fingerprint density at radius 2 is 2.21 bits per heavy atom. The number of ether oxygens (including phenoxy) is 1. The third-order valence-corrected chi connectivity index (χ3v) is 3.43. The van der Waals surface area contributed by atoms with Gasteiger partial charge in [-0.25, -0.2) is 4.79 Å². The lowest BCUT2D eigenvalue weighted by molar-refractivity contribution is -0.137. The molecule has 0 radical (unpaired) electrons. The monoisotopic (exact) mass is 261 g/mol. The zero-order valence-electron chi connectivity index (χ0n) is 11.2. The lowest BCUT2D eigenvalue weighted by Crippen LogP contribution is -2.37. The molecule has 4 heteroatoms. The number of nitrogens with one attached hydrogen (secondary N) is 1. The van der Waals surface area contributed by atoms with Crippen molar-refractivity contribution in [1.82, 2.24) is 5.32 Å². The zero-order chi connectivity index (χ0) is 13.9. The van der Waals surface area contributed by atoms with E-state index in [9.17, 15) is 9.90 Å². The van der Waals surface area contributed by atoms with E-state index in [0.717, 1.165) is 5.56 Å². The molecule has 1 aromatic rings. The minimum atomic E-state index is -0.987. The number of benzene rings is 1. The molecule has 0 amide bonds. The maximum Gasteiger partial charge on any atom is 0.332 e. The summed E-state index contributed by atoms with van der Waals surface area (Å²) in [6.45, 7) is 4.02. The van der Waals surface area contributed by atoms with Gasteiger partial charge in [0.15, 0.2) is 0 Å². The van der Waals surface area contributed by atoms with E-state index < -0.39 is 5.60 Å². The van der Waals surface area contributed by atoms with Gasteiger partial charge in [-0.05, 0) is 19.4 Å². The van der Waals surface area contributed by atoms with Crippen molar-refractivity contribution in [2.24, 2.45) is 0 Å². The van der Waals surface area contributed by atoms with Crippen molar-refractivity contribution in [3.05, 3.63) is 47.7 Å². The van der Waals surface area contributed by atoms with Crippen LogP contribution < -0.4 is 5.32 Å². The maximum atomic E-state index is 11.4. The van der Waals surface area contributed by atoms with E-state index in [0.29, 0.717) is 18.7 Å². The average molecular weight is 261 g/mol. The van der Waals surface area contributed by atoms with Crippen molar-refractivity contribution in [2.45, 2.75) is 31.9 Å². The van der Waals surface area contributed by atoms with Crippen LogP contribution in [-0.2, 0) is 15.1 Å². The first-order chi connectivity index (χ1) is 9.06. The van der Waals surface area contributed by atoms with Gasteiger partial charge in [0.05, 0.1) is 12.6 Å². The van der Waals surface area contributed by atoms with E-state index in [2.05, 4.69) is 5.32 Å². The van der Waals surface area contributed by atoms with Gasteiger partial charge in [0.2, 0.25) is 0 Å². The number of hydrogen-bond donors (Lipinski definition) is 2. The summed E-state index contributed by atoms with van der Waals surface area (Å²) in [6.07, 6.45) is 1.80. The summed E-state index contributed by atoms with van der Waals surface area (Å²) in [5.74, 6) is -0.380. The average Bonchev–Trinajstić information content (AvgIpc) is 2.67. The second kappa shape index (κ2) is 5.45. The molecule has 1 aliphatic rings. The fraction of sp³-hybridized carbons (Fsp3) is 0.400. The second-order valence-electron chi connectivity index (χ2n) is 4.75. The van der Waals surface area contributed by atoms with Crippen molar-refractivity contribution in [3.63, 3.8) is 0 Å². The van der Waals surface area contributed by atoms with Crippen LogP contribution in [-0.4, -0.2) is 23.7 Å². The van der Waals surface area contributed by atoms with Crippen molar-refractivity contribution in [2.75, 3.05) is 6.61 Å². The minimum Gasteiger partial charge on any atom is -0.463 e. The molecule has 1 heterocycles. The van der Waals surface area contributed by atoms with Crippen molar-refractivity contribution >= 4 is 5.97 Å². The second-order valence-corrected chi connectivity index (χ2v) is 4.75. The Bertz CT molecular complexity index is 483. The first kappa shape index (κ1) is 13.6. The molecule has 0 aliphatic carbocycles. The van der Waals surface area contributed by atoms with Crippen LogP contribution in [0.1, 0.15) is 25.8 Å². The molecule has 2 unspecified atom stereocenters. The molecule has 2 rings (SSSR count). The molecule has 1 aromatic carbocycles. The van der Waals surface area contributed by atoms with Gasteiger partial charge in [-0.3, -0.25) is 0 Å². The Morgan fingerprint density at radius 1 is 1.53 bits per heavy atom. The molecule has 4 nitrogen and oxygen atoms in total. The third-order valence-electron chi connectivity index (χ3n) is 3.43. The van der Waals surface area contributed by atoms with E-state index in [-0.39, 0.29) is 12.0 Å². The van der Waals surface area contributed by atoms with E-state index in [1.807, 2.05) is 37.3 Å². The summed E-state index contributed by atoms with van der Waals surface area (Å²) < 4.78 is 4.88. The molecule has 2 N–H and O–H groups in total. The fourth-order valence-corrected chi connectivity index (χ4v) is 2.39. The van der Waals surface area contributed by atoms with Gasteiger partial charge in [-0.2, -0.15) is 0 Å². The largest absolute Gasteiger partial charge is 0.463 e. The summed E-state index contributed by atoms with van der Waals surface area (Å²) in [6, 6.07) is 9.34. The standard InChI is InChI=1S/C15H19NO3/c1-3-19-14(17)9-13-10-15(18,11(2)16-13)12-7-5-4-6-8-12/h4-9,11,16,18H,3,10H2,1-2H3/b13-9-. The third kappa shape index (κ3) is 2.79. The summed E-state index contributed by atoms with van der Waals surface area (Å²) in [5, 5.41) is 13.9. The molecule has 1 fully saturated rings. The van der Waals surface area contributed by atoms with Crippen molar-refractivity contribution in [1.29, 1.82) is 0 Å². The van der Waals surface area contributed by atoms with E-state index in [4.69, 9.17) is 4.74 Å². The van der Waals surface area contributed by atoms with Crippen LogP contribution in [0.15, 0.2) is 42.1 Å². The summed E-state index contributed by atoms with van der Waals surface area (Å²) in [4.78, 5) is 11.4. The Kier molecular flexibility index (Phi) is 3.90. The quantitative estimate of drug-likeness (QED) is 0.642. The van der Waals surface area contributed by atoms with Gasteiger partial charge in [0.1, 0.15) is 5.60 Å². The molecular formula is C15H19NO3. The molecule has 0 spiro atoms. The number of aliphatic hydroxyl groups is 1. The zero-order valence-corrected chi connectivity index (χ0v) is 11.2. The van der Waals surface area contributed by atoms with Crippen molar-refractivity contribution in [3.8, 4) is 0 Å². The van der Waals surface area contributed by atoms with Gasteiger partial charge in [0.25, 0.3) is 0 Å². The normalized spacial score (nSPS) is 28.2. The fourth-order valence-electron chi connectivity index (χ4n) is 2.39. The Hall–Kier alpha value is -1.81. The lowest BCUT2D eigenvalue weighted by Gasteiger charge is -2.26. The van der Waals surface area contributed by atoms with Crippen LogP contribution in [0.5, 0.6) is 0 Å². The summed E-state index contributed by atoms with van der Waals surface area (Å²) in [7, 11) is 0. The van der Waals surface area contributed by atoms with Crippen LogP contribution in [0, 0.1) is 0 Å². The molecule has 19 heavy (non-hydrogen) atoms. The smallest absolute Gasteiger partial charge is 0.332 e. The van der Waals surface area contributed by atoms with Crippen LogP contribution in [0.25, 0.3) is 0 Å². The molecule has 1 aliphatic heterocycles. The highest BCUT2D eigenvalue weighted by molar-refractivity contribution is 5.82. The van der Waals surface area contributed by atoms with Crippen LogP contribution in [0.4, 0.5) is 0 Å². The predicted molar refractivity (Wildman–Crippen MR) is 72.3 cm³/mol. The van der Waals surface area contributed by atoms with Gasteiger partial charge in [-0.15, -0.1) is 0 Å². The molecule has 102 valence electrons. The number of esters is 1. The van der Waals surface area contributed by atoms with Gasteiger partial charge < -0.3 is 15.2 Å². The van der Waals surface area contributed by atoms with E-state index >= 15 is 0 Å². The van der Waals surface area contributed by atoms with Gasteiger partial charge in [0, 0.05) is 18.2 Å². The number of carbonyl (C=O) groups is 1. The van der Waals surface area contributed by atoms with Crippen LogP contribution in [0.2, 0.25) is 0 Å². The molecule has 0 aromatic heterocycles. The van der Waals surface area contributed by atoms with Gasteiger partial charge in [-0.1, -0.05) is 30.3 Å². The highest BCUT2D eigenvalue weighted by Gasteiger charge is 2.42. The first-order valence-electron chi connectivity index (χ1n) is 6.48. The molecule has 1 saturated heterocycles. The maximum absolute atomic E-state index is 11.4. The Morgan fingerprint density at radius 3 is 2.84 bits per heavy atom. The van der Waals surface area contributed by atoms with E-state index in [1.165, 1.54) is 6.08 Å². The Balaban J connectivity index is 2.20. The first-order valence-corrected chi connectivity index (χ1v) is 6.48. The predicted octanol–water partition coefficient (Wildman–Crippen LogP) is 1.70. The number of hydrogen-bond acceptors (Lipinski definition) is 4. The summed E-state index contributed by atoms with van der Waals surface area (Å²) in [5.41, 5.74) is 0.569. The molecular weight excluding hydrogens is 242 g/mol. The van der Waals surface area contributed by atoms with Crippen LogP contribution in [0.3, 0.4) is 0 Å². The van der Waals surface area contributed by atoms with Crippen molar-refractivity contribution < 1.29 is 14.6 Å². The van der Waals surface area contributed by atoms with Gasteiger partial charge >= 0.3 is 5.97 Å².